The second-order valence-electron chi connectivity index (χ2n) is 5.40. The highest BCUT2D eigenvalue weighted by atomic mass is 32.1. The summed E-state index contributed by atoms with van der Waals surface area (Å²) < 4.78 is 0. The second-order valence-corrected chi connectivity index (χ2v) is 6.78. The van der Waals surface area contributed by atoms with Gasteiger partial charge in [-0.25, -0.2) is 4.98 Å². The highest BCUT2D eigenvalue weighted by Crippen LogP contribution is 2.36. The normalized spacial score (nSPS) is 18.2. The number of thiazole rings is 1. The Kier molecular flexibility index (Phi) is 5.10. The number of carbonyl (C=O) groups excluding carboxylic acids is 1. The highest BCUT2D eigenvalue weighted by molar-refractivity contribution is 7.80. The fraction of sp³-hybridized carbons (Fsp3) is 0.643. The number of nitrogens with two attached hydrogens (primary N) is 1. The summed E-state index contributed by atoms with van der Waals surface area (Å²) in [6.45, 7) is 2.46. The molecule has 20 heavy (non-hydrogen) atoms. The van der Waals surface area contributed by atoms with E-state index in [4.69, 9.17) is 18.0 Å². The van der Waals surface area contributed by atoms with Gasteiger partial charge < -0.3 is 11.1 Å². The van der Waals surface area contributed by atoms with Gasteiger partial charge in [-0.15, -0.1) is 11.3 Å². The van der Waals surface area contributed by atoms with Crippen LogP contribution in [0.3, 0.4) is 0 Å². The van der Waals surface area contributed by atoms with Crippen LogP contribution >= 0.6 is 23.6 Å². The Morgan fingerprint density at radius 1 is 1.45 bits per heavy atom. The Hall–Kier alpha value is -1.01. The SMILES string of the molecule is Cc1ncsc1CNC(=O)C1(C(N)=S)CCCCCC1. The Balaban J connectivity index is 2.07. The Bertz CT molecular complexity index is 490. The zero-order chi connectivity index (χ0) is 14.6. The Morgan fingerprint density at radius 2 is 2.10 bits per heavy atom. The monoisotopic (exact) mass is 311 g/mol. The van der Waals surface area contributed by atoms with Crippen molar-refractivity contribution in [1.29, 1.82) is 0 Å². The zero-order valence-corrected chi connectivity index (χ0v) is 13.4. The van der Waals surface area contributed by atoms with Crippen LogP contribution in [-0.4, -0.2) is 15.9 Å². The van der Waals surface area contributed by atoms with E-state index >= 15 is 0 Å². The number of nitrogens with zero attached hydrogens (tertiary/aromatic N) is 1. The minimum absolute atomic E-state index is 0.0142. The first-order valence-electron chi connectivity index (χ1n) is 7.03. The van der Waals surface area contributed by atoms with E-state index < -0.39 is 5.41 Å². The van der Waals surface area contributed by atoms with Crippen LogP contribution in [0.25, 0.3) is 0 Å². The minimum Gasteiger partial charge on any atom is -0.392 e. The van der Waals surface area contributed by atoms with Crippen molar-refractivity contribution in [2.75, 3.05) is 0 Å². The van der Waals surface area contributed by atoms with Gasteiger partial charge in [-0.1, -0.05) is 37.9 Å². The number of hydrogen-bond acceptors (Lipinski definition) is 4. The number of aromatic nitrogens is 1. The maximum atomic E-state index is 12.6. The van der Waals surface area contributed by atoms with Crippen LogP contribution < -0.4 is 11.1 Å². The third kappa shape index (κ3) is 3.17. The molecule has 1 heterocycles. The molecule has 3 N–H and O–H groups in total. The van der Waals surface area contributed by atoms with Gasteiger partial charge in [0.2, 0.25) is 5.91 Å². The van der Waals surface area contributed by atoms with E-state index in [2.05, 4.69) is 10.3 Å². The molecule has 4 nitrogen and oxygen atoms in total. The van der Waals surface area contributed by atoms with Gasteiger partial charge in [0.25, 0.3) is 0 Å². The molecule has 1 amide bonds. The first-order chi connectivity index (χ1) is 9.56. The predicted octanol–water partition coefficient (Wildman–Crippen LogP) is 2.69. The highest BCUT2D eigenvalue weighted by Gasteiger charge is 2.41. The maximum absolute atomic E-state index is 12.6. The van der Waals surface area contributed by atoms with Crippen LogP contribution in [-0.2, 0) is 11.3 Å². The van der Waals surface area contributed by atoms with E-state index in [9.17, 15) is 4.79 Å². The van der Waals surface area contributed by atoms with Crippen LogP contribution in [0.4, 0.5) is 0 Å². The van der Waals surface area contributed by atoms with Crippen molar-refractivity contribution in [2.45, 2.75) is 52.0 Å². The van der Waals surface area contributed by atoms with Gasteiger partial charge >= 0.3 is 0 Å². The van der Waals surface area contributed by atoms with E-state index in [-0.39, 0.29) is 5.91 Å². The quantitative estimate of drug-likeness (QED) is 0.662. The third-order valence-corrected chi connectivity index (χ3v) is 5.44. The standard InChI is InChI=1S/C14H21N3OS2/c1-10-11(20-9-17-10)8-16-13(18)14(12(15)19)6-4-2-3-5-7-14/h9H,2-8H2,1H3,(H2,15,19)(H,16,18). The molecule has 1 saturated carbocycles. The fourth-order valence-corrected chi connectivity index (χ4v) is 3.76. The first-order valence-corrected chi connectivity index (χ1v) is 8.32. The summed E-state index contributed by atoms with van der Waals surface area (Å²) in [5, 5.41) is 3.01. The first kappa shape index (κ1) is 15.4. The van der Waals surface area contributed by atoms with Crippen molar-refractivity contribution in [3.63, 3.8) is 0 Å². The molecule has 0 unspecified atom stereocenters. The van der Waals surface area contributed by atoms with Gasteiger partial charge in [0.1, 0.15) is 0 Å². The minimum atomic E-state index is -0.648. The summed E-state index contributed by atoms with van der Waals surface area (Å²) in [6.07, 6.45) is 5.90. The summed E-state index contributed by atoms with van der Waals surface area (Å²) in [7, 11) is 0. The Labute approximate surface area is 129 Å². The smallest absolute Gasteiger partial charge is 0.233 e. The average Bonchev–Trinajstić information content (AvgIpc) is 2.67. The lowest BCUT2D eigenvalue weighted by atomic mass is 9.79. The molecule has 1 aromatic heterocycles. The number of rotatable bonds is 4. The molecule has 0 saturated heterocycles. The number of nitrogens with one attached hydrogen (secondary N) is 1. The largest absolute Gasteiger partial charge is 0.392 e. The molecule has 0 aromatic carbocycles. The van der Waals surface area contributed by atoms with Crippen molar-refractivity contribution in [1.82, 2.24) is 10.3 Å². The van der Waals surface area contributed by atoms with E-state index in [0.29, 0.717) is 11.5 Å². The summed E-state index contributed by atoms with van der Waals surface area (Å²) in [5.41, 5.74) is 8.03. The van der Waals surface area contributed by atoms with Crippen LogP contribution in [0.2, 0.25) is 0 Å². The molecule has 1 aliphatic rings. The Morgan fingerprint density at radius 3 is 2.60 bits per heavy atom. The molecule has 6 heteroatoms. The van der Waals surface area contributed by atoms with Crippen molar-refractivity contribution in [3.8, 4) is 0 Å². The van der Waals surface area contributed by atoms with Gasteiger partial charge in [-0.05, 0) is 19.8 Å². The topological polar surface area (TPSA) is 68.0 Å². The number of amides is 1. The molecule has 1 aromatic rings. The van der Waals surface area contributed by atoms with E-state index in [0.717, 1.165) is 49.1 Å². The lowest BCUT2D eigenvalue weighted by Crippen LogP contribution is -2.48. The molecular weight excluding hydrogens is 290 g/mol. The molecule has 2 rings (SSSR count). The zero-order valence-electron chi connectivity index (χ0n) is 11.8. The van der Waals surface area contributed by atoms with Crippen LogP contribution in [0, 0.1) is 12.3 Å². The molecule has 1 fully saturated rings. The molecule has 0 bridgehead atoms. The van der Waals surface area contributed by atoms with Crippen molar-refractivity contribution >= 4 is 34.5 Å². The van der Waals surface area contributed by atoms with Crippen molar-refractivity contribution in [3.05, 3.63) is 16.1 Å². The third-order valence-electron chi connectivity index (χ3n) is 4.12. The average molecular weight is 311 g/mol. The van der Waals surface area contributed by atoms with Crippen molar-refractivity contribution < 1.29 is 4.79 Å². The van der Waals surface area contributed by atoms with E-state index in [1.165, 1.54) is 0 Å². The van der Waals surface area contributed by atoms with Crippen molar-refractivity contribution in [2.24, 2.45) is 11.1 Å². The van der Waals surface area contributed by atoms with E-state index in [1.54, 1.807) is 16.8 Å². The predicted molar refractivity (Wildman–Crippen MR) is 85.6 cm³/mol. The summed E-state index contributed by atoms with van der Waals surface area (Å²) in [6, 6.07) is 0. The summed E-state index contributed by atoms with van der Waals surface area (Å²) >= 11 is 6.77. The van der Waals surface area contributed by atoms with Crippen LogP contribution in [0.1, 0.15) is 49.1 Å². The van der Waals surface area contributed by atoms with Gasteiger partial charge in [-0.2, -0.15) is 0 Å². The lowest BCUT2D eigenvalue weighted by molar-refractivity contribution is -0.128. The molecule has 0 aliphatic heterocycles. The number of carbonyl (C=O) groups is 1. The number of aryl methyl sites for hydroxylation is 1. The summed E-state index contributed by atoms with van der Waals surface area (Å²) in [4.78, 5) is 18.3. The lowest BCUT2D eigenvalue weighted by Gasteiger charge is -2.30. The second kappa shape index (κ2) is 6.63. The molecule has 0 spiro atoms. The van der Waals surface area contributed by atoms with Crippen LogP contribution in [0.5, 0.6) is 0 Å². The molecule has 0 radical (unpaired) electrons. The number of hydrogen-bond donors (Lipinski definition) is 2. The molecule has 0 atom stereocenters. The fourth-order valence-electron chi connectivity index (χ4n) is 2.74. The maximum Gasteiger partial charge on any atom is 0.233 e. The van der Waals surface area contributed by atoms with Crippen LogP contribution in [0.15, 0.2) is 5.51 Å². The van der Waals surface area contributed by atoms with Gasteiger partial charge in [0.05, 0.1) is 28.2 Å². The molecular formula is C14H21N3OS2. The summed E-state index contributed by atoms with van der Waals surface area (Å²) in [5.74, 6) is -0.0142. The van der Waals surface area contributed by atoms with Gasteiger partial charge in [0, 0.05) is 4.88 Å². The van der Waals surface area contributed by atoms with E-state index in [1.807, 2.05) is 6.92 Å². The van der Waals surface area contributed by atoms with Gasteiger partial charge in [-0.3, -0.25) is 4.79 Å². The molecule has 1 aliphatic carbocycles. The van der Waals surface area contributed by atoms with Gasteiger partial charge in [0.15, 0.2) is 0 Å². The molecule has 110 valence electrons. The number of thiocarbonyl (C=S) groups is 1.